The summed E-state index contributed by atoms with van der Waals surface area (Å²) in [4.78, 5) is 7.19. The van der Waals surface area contributed by atoms with Crippen molar-refractivity contribution in [3.63, 3.8) is 0 Å². The zero-order valence-corrected chi connectivity index (χ0v) is 17.9. The number of aliphatic imine (C=N–C) groups is 1. The molecule has 2 heterocycles. The molecule has 1 N–H and O–H groups in total. The smallest absolute Gasteiger partial charge is 0.227 e. The Balaban J connectivity index is 0.00000218. The first kappa shape index (κ1) is 20.3. The lowest BCUT2D eigenvalue weighted by molar-refractivity contribution is 0.292. The SMILES string of the molecule is CN1N=C(Nc2ccccc2)N2c3ccc(Cl)cc3C(c3ccccc3)=NCC12.Cl. The van der Waals surface area contributed by atoms with Gasteiger partial charge in [0.25, 0.3) is 0 Å². The number of likely N-dealkylation sites (N-methyl/N-ethyl adjacent to an activating group) is 1. The Kier molecular flexibility index (Phi) is 5.66. The van der Waals surface area contributed by atoms with Gasteiger partial charge >= 0.3 is 0 Å². The highest BCUT2D eigenvalue weighted by atomic mass is 35.5. The van der Waals surface area contributed by atoms with E-state index in [-0.39, 0.29) is 18.6 Å². The number of hydrogen-bond donors (Lipinski definition) is 1. The summed E-state index contributed by atoms with van der Waals surface area (Å²) in [6.45, 7) is 0.594. The van der Waals surface area contributed by atoms with Crippen molar-refractivity contribution in [2.45, 2.75) is 6.17 Å². The molecule has 0 aromatic heterocycles. The van der Waals surface area contributed by atoms with Crippen LogP contribution in [0.25, 0.3) is 0 Å². The third kappa shape index (κ3) is 3.62. The molecule has 5 rings (SSSR count). The van der Waals surface area contributed by atoms with Gasteiger partial charge in [0.15, 0.2) is 0 Å². The van der Waals surface area contributed by atoms with Crippen LogP contribution in [-0.2, 0) is 0 Å². The van der Waals surface area contributed by atoms with Gasteiger partial charge in [-0.15, -0.1) is 17.5 Å². The molecule has 5 nitrogen and oxygen atoms in total. The zero-order valence-electron chi connectivity index (χ0n) is 16.4. The van der Waals surface area contributed by atoms with Crippen molar-refractivity contribution >= 4 is 47.1 Å². The van der Waals surface area contributed by atoms with Crippen LogP contribution in [-0.4, -0.2) is 36.4 Å². The Hall–Kier alpha value is -3.02. The Labute approximate surface area is 187 Å². The van der Waals surface area contributed by atoms with E-state index in [0.29, 0.717) is 11.6 Å². The van der Waals surface area contributed by atoms with E-state index in [1.807, 2.05) is 72.7 Å². The fourth-order valence-electron chi connectivity index (χ4n) is 3.79. The molecule has 0 bridgehead atoms. The van der Waals surface area contributed by atoms with Crippen molar-refractivity contribution in [3.8, 4) is 0 Å². The monoisotopic (exact) mass is 437 g/mol. The molecule has 2 aliphatic rings. The second kappa shape index (κ2) is 8.38. The van der Waals surface area contributed by atoms with Crippen molar-refractivity contribution in [1.82, 2.24) is 5.01 Å². The highest BCUT2D eigenvalue weighted by Crippen LogP contribution is 2.34. The number of hydrogen-bond acceptors (Lipinski definition) is 5. The molecule has 0 spiro atoms. The van der Waals surface area contributed by atoms with E-state index in [1.54, 1.807) is 0 Å². The van der Waals surface area contributed by atoms with Crippen LogP contribution in [0.2, 0.25) is 5.02 Å². The highest BCUT2D eigenvalue weighted by Gasteiger charge is 2.37. The molecule has 0 amide bonds. The van der Waals surface area contributed by atoms with E-state index >= 15 is 0 Å². The third-order valence-corrected chi connectivity index (χ3v) is 5.41. The maximum Gasteiger partial charge on any atom is 0.227 e. The van der Waals surface area contributed by atoms with Crippen molar-refractivity contribution < 1.29 is 0 Å². The molecule has 3 aromatic carbocycles. The van der Waals surface area contributed by atoms with Crippen molar-refractivity contribution in [2.24, 2.45) is 10.1 Å². The van der Waals surface area contributed by atoms with E-state index in [4.69, 9.17) is 21.7 Å². The van der Waals surface area contributed by atoms with E-state index in [0.717, 1.165) is 34.2 Å². The van der Waals surface area contributed by atoms with Crippen LogP contribution in [0.5, 0.6) is 0 Å². The molecule has 0 fully saturated rings. The van der Waals surface area contributed by atoms with Gasteiger partial charge in [-0.1, -0.05) is 60.1 Å². The van der Waals surface area contributed by atoms with Crippen LogP contribution in [0.15, 0.2) is 89.0 Å². The first-order valence-electron chi connectivity index (χ1n) is 9.53. The lowest BCUT2D eigenvalue weighted by atomic mass is 10.0. The molecule has 30 heavy (non-hydrogen) atoms. The summed E-state index contributed by atoms with van der Waals surface area (Å²) in [6.07, 6.45) is -0.0117. The topological polar surface area (TPSA) is 43.2 Å². The molecule has 7 heteroatoms. The fourth-order valence-corrected chi connectivity index (χ4v) is 3.96. The van der Waals surface area contributed by atoms with Gasteiger partial charge in [-0.2, -0.15) is 0 Å². The average Bonchev–Trinajstić information content (AvgIpc) is 2.94. The summed E-state index contributed by atoms with van der Waals surface area (Å²) in [5, 5.41) is 10.9. The summed E-state index contributed by atoms with van der Waals surface area (Å²) in [5.41, 5.74) is 5.05. The predicted molar refractivity (Wildman–Crippen MR) is 127 cm³/mol. The number of anilines is 2. The van der Waals surface area contributed by atoms with Gasteiger partial charge in [0.05, 0.1) is 17.9 Å². The van der Waals surface area contributed by atoms with Crippen LogP contribution in [0.1, 0.15) is 11.1 Å². The van der Waals surface area contributed by atoms with Crippen molar-refractivity contribution in [1.29, 1.82) is 0 Å². The summed E-state index contributed by atoms with van der Waals surface area (Å²) in [6, 6.07) is 26.3. The van der Waals surface area contributed by atoms with Gasteiger partial charge in [0, 0.05) is 28.9 Å². The van der Waals surface area contributed by atoms with Crippen LogP contribution < -0.4 is 10.2 Å². The first-order chi connectivity index (χ1) is 14.2. The number of nitrogens with zero attached hydrogens (tertiary/aromatic N) is 4. The van der Waals surface area contributed by atoms with E-state index in [1.165, 1.54) is 0 Å². The Morgan fingerprint density at radius 1 is 0.967 bits per heavy atom. The minimum Gasteiger partial charge on any atom is -0.324 e. The molecule has 0 aliphatic carbocycles. The predicted octanol–water partition coefficient (Wildman–Crippen LogP) is 5.07. The Morgan fingerprint density at radius 3 is 2.40 bits per heavy atom. The van der Waals surface area contributed by atoms with Crippen molar-refractivity contribution in [3.05, 3.63) is 95.0 Å². The highest BCUT2D eigenvalue weighted by molar-refractivity contribution is 6.32. The lowest BCUT2D eigenvalue weighted by Gasteiger charge is -2.29. The van der Waals surface area contributed by atoms with Crippen LogP contribution in [0.4, 0.5) is 11.4 Å². The lowest BCUT2D eigenvalue weighted by Crippen LogP contribution is -2.45. The molecule has 1 unspecified atom stereocenters. The van der Waals surface area contributed by atoms with Gasteiger partial charge in [-0.05, 0) is 30.3 Å². The maximum absolute atomic E-state index is 6.39. The summed E-state index contributed by atoms with van der Waals surface area (Å²) >= 11 is 6.39. The number of guanidine groups is 1. The molecule has 0 saturated heterocycles. The Morgan fingerprint density at radius 2 is 1.67 bits per heavy atom. The van der Waals surface area contributed by atoms with Gasteiger partial charge in [0.2, 0.25) is 5.96 Å². The number of hydrazone groups is 1. The Bertz CT molecular complexity index is 1100. The maximum atomic E-state index is 6.39. The minimum absolute atomic E-state index is 0. The van der Waals surface area contributed by atoms with Crippen LogP contribution >= 0.6 is 24.0 Å². The van der Waals surface area contributed by atoms with E-state index < -0.39 is 0 Å². The minimum atomic E-state index is -0.0117. The molecule has 0 saturated carbocycles. The van der Waals surface area contributed by atoms with E-state index in [9.17, 15) is 0 Å². The van der Waals surface area contributed by atoms with Gasteiger partial charge in [0.1, 0.15) is 6.17 Å². The third-order valence-electron chi connectivity index (χ3n) is 5.17. The summed E-state index contributed by atoms with van der Waals surface area (Å²) in [7, 11) is 1.98. The van der Waals surface area contributed by atoms with Crippen LogP contribution in [0.3, 0.4) is 0 Å². The van der Waals surface area contributed by atoms with Crippen molar-refractivity contribution in [2.75, 3.05) is 23.8 Å². The first-order valence-corrected chi connectivity index (χ1v) is 9.91. The summed E-state index contributed by atoms with van der Waals surface area (Å²) < 4.78 is 0. The van der Waals surface area contributed by atoms with Crippen LogP contribution in [0, 0.1) is 0 Å². The van der Waals surface area contributed by atoms with Gasteiger partial charge < -0.3 is 5.32 Å². The number of nitrogens with one attached hydrogen (secondary N) is 1. The molecular formula is C23H21Cl2N5. The van der Waals surface area contributed by atoms with Gasteiger partial charge in [-0.3, -0.25) is 14.9 Å². The molecular weight excluding hydrogens is 417 g/mol. The second-order valence-corrected chi connectivity index (χ2v) is 7.49. The average molecular weight is 438 g/mol. The number of para-hydroxylation sites is 1. The summed E-state index contributed by atoms with van der Waals surface area (Å²) in [5.74, 6) is 0.775. The molecule has 2 aliphatic heterocycles. The number of halogens is 2. The fraction of sp³-hybridized carbons (Fsp3) is 0.130. The molecule has 152 valence electrons. The largest absolute Gasteiger partial charge is 0.324 e. The molecule has 0 radical (unpaired) electrons. The second-order valence-electron chi connectivity index (χ2n) is 7.06. The molecule has 1 atom stereocenters. The number of fused-ring (bicyclic) bond motifs is 3. The standard InChI is InChI=1S/C23H20ClN5.ClH/c1-28-21-15-25-22(16-8-4-2-5-9-16)19-14-17(24)12-13-20(19)29(21)23(27-28)26-18-10-6-3-7-11-18;/h2-14,21H,15H2,1H3,(H,26,27);1H. The normalized spacial score (nSPS) is 17.2. The number of benzene rings is 3. The van der Waals surface area contributed by atoms with Gasteiger partial charge in [-0.25, -0.2) is 0 Å². The van der Waals surface area contributed by atoms with E-state index in [2.05, 4.69) is 28.4 Å². The number of rotatable bonds is 2. The quantitative estimate of drug-likeness (QED) is 0.608. The molecule has 3 aromatic rings. The zero-order chi connectivity index (χ0) is 19.8.